The summed E-state index contributed by atoms with van der Waals surface area (Å²) < 4.78 is 52.9. The minimum absolute atomic E-state index is 0.0722. The van der Waals surface area contributed by atoms with Crippen LogP contribution < -0.4 is 19.1 Å². The van der Waals surface area contributed by atoms with Crippen molar-refractivity contribution in [2.75, 3.05) is 32.1 Å². The summed E-state index contributed by atoms with van der Waals surface area (Å²) >= 11 is 0. The van der Waals surface area contributed by atoms with Gasteiger partial charge in [-0.05, 0) is 61.4 Å². The van der Waals surface area contributed by atoms with Crippen LogP contribution in [0.2, 0.25) is 0 Å². The van der Waals surface area contributed by atoms with Gasteiger partial charge < -0.3 is 19.7 Å². The largest absolute Gasteiger partial charge is 0.493 e. The van der Waals surface area contributed by atoms with Crippen LogP contribution in [0.4, 0.5) is 10.1 Å². The molecule has 3 aromatic carbocycles. The SMILES string of the molecule is CNC(=O)C(C)N(Cc1ccccc1C)C(=O)CN(c1ccc(F)cc1)S(=O)(=O)c1ccc(OC)c(OC)c1. The van der Waals surface area contributed by atoms with E-state index in [1.165, 1.54) is 56.5 Å². The van der Waals surface area contributed by atoms with Crippen molar-refractivity contribution >= 4 is 27.5 Å². The minimum Gasteiger partial charge on any atom is -0.493 e. The maximum atomic E-state index is 13.9. The number of nitrogens with zero attached hydrogens (tertiary/aromatic N) is 2. The number of hydrogen-bond acceptors (Lipinski definition) is 6. The number of carbonyl (C=O) groups is 2. The van der Waals surface area contributed by atoms with Crippen LogP contribution in [0, 0.1) is 12.7 Å². The van der Waals surface area contributed by atoms with Gasteiger partial charge in [-0.25, -0.2) is 12.8 Å². The Bertz CT molecular complexity index is 1430. The monoisotopic (exact) mass is 557 g/mol. The van der Waals surface area contributed by atoms with Gasteiger partial charge in [0.1, 0.15) is 18.4 Å². The van der Waals surface area contributed by atoms with Gasteiger partial charge in [-0.2, -0.15) is 0 Å². The molecule has 0 bridgehead atoms. The Morgan fingerprint density at radius 3 is 2.21 bits per heavy atom. The molecule has 3 aromatic rings. The van der Waals surface area contributed by atoms with Crippen molar-refractivity contribution < 1.29 is 31.9 Å². The van der Waals surface area contributed by atoms with Crippen molar-refractivity contribution in [3.8, 4) is 11.5 Å². The molecular weight excluding hydrogens is 525 g/mol. The minimum atomic E-state index is -4.36. The lowest BCUT2D eigenvalue weighted by Crippen LogP contribution is -2.50. The van der Waals surface area contributed by atoms with E-state index in [2.05, 4.69) is 5.32 Å². The summed E-state index contributed by atoms with van der Waals surface area (Å²) in [4.78, 5) is 27.5. The van der Waals surface area contributed by atoms with E-state index in [0.717, 1.165) is 27.6 Å². The van der Waals surface area contributed by atoms with E-state index >= 15 is 0 Å². The van der Waals surface area contributed by atoms with Gasteiger partial charge in [0.2, 0.25) is 11.8 Å². The predicted octanol–water partition coefficient (Wildman–Crippen LogP) is 3.51. The van der Waals surface area contributed by atoms with Crippen LogP contribution in [-0.2, 0) is 26.2 Å². The molecule has 3 rings (SSSR count). The predicted molar refractivity (Wildman–Crippen MR) is 146 cm³/mol. The first kappa shape index (κ1) is 29.4. The van der Waals surface area contributed by atoms with E-state index < -0.39 is 40.2 Å². The first-order chi connectivity index (χ1) is 18.5. The average molecular weight is 558 g/mol. The van der Waals surface area contributed by atoms with Crippen LogP contribution in [0.3, 0.4) is 0 Å². The van der Waals surface area contributed by atoms with Crippen molar-refractivity contribution in [2.45, 2.75) is 31.3 Å². The van der Waals surface area contributed by atoms with Gasteiger partial charge in [0.15, 0.2) is 11.5 Å². The van der Waals surface area contributed by atoms with E-state index in [-0.39, 0.29) is 22.9 Å². The van der Waals surface area contributed by atoms with Crippen molar-refractivity contribution in [3.63, 3.8) is 0 Å². The zero-order valence-electron chi connectivity index (χ0n) is 22.5. The van der Waals surface area contributed by atoms with Crippen LogP contribution in [0.15, 0.2) is 71.6 Å². The van der Waals surface area contributed by atoms with Gasteiger partial charge in [-0.1, -0.05) is 24.3 Å². The number of likely N-dealkylation sites (N-methyl/N-ethyl adjacent to an activating group) is 1. The molecule has 0 saturated heterocycles. The van der Waals surface area contributed by atoms with Gasteiger partial charge in [0.05, 0.1) is 24.8 Å². The fourth-order valence-corrected chi connectivity index (χ4v) is 5.43. The molecule has 0 saturated carbocycles. The van der Waals surface area contributed by atoms with E-state index in [9.17, 15) is 22.4 Å². The average Bonchev–Trinajstić information content (AvgIpc) is 2.94. The number of aryl methyl sites for hydroxylation is 1. The number of hydrogen-bond donors (Lipinski definition) is 1. The highest BCUT2D eigenvalue weighted by Gasteiger charge is 2.33. The molecule has 1 atom stereocenters. The maximum Gasteiger partial charge on any atom is 0.264 e. The summed E-state index contributed by atoms with van der Waals surface area (Å²) in [6, 6.07) is 15.3. The molecule has 0 radical (unpaired) electrons. The molecule has 1 N–H and O–H groups in total. The van der Waals surface area contributed by atoms with Gasteiger partial charge >= 0.3 is 0 Å². The molecule has 9 nitrogen and oxygen atoms in total. The number of ether oxygens (including phenoxy) is 2. The van der Waals surface area contributed by atoms with Gasteiger partial charge in [-0.15, -0.1) is 0 Å². The second kappa shape index (κ2) is 12.6. The number of amides is 2. The second-order valence-corrected chi connectivity index (χ2v) is 10.6. The topological polar surface area (TPSA) is 105 Å². The zero-order chi connectivity index (χ0) is 28.7. The number of halogens is 1. The third kappa shape index (κ3) is 6.66. The molecule has 0 fully saturated rings. The molecule has 0 aliphatic carbocycles. The number of carbonyl (C=O) groups excluding carboxylic acids is 2. The Hall–Kier alpha value is -4.12. The maximum absolute atomic E-state index is 13.9. The Morgan fingerprint density at radius 2 is 1.62 bits per heavy atom. The normalized spacial score (nSPS) is 11.8. The third-order valence-corrected chi connectivity index (χ3v) is 8.12. The molecular formula is C28H32FN3O6S. The van der Waals surface area contributed by atoms with E-state index in [1.54, 1.807) is 6.92 Å². The fraction of sp³-hybridized carbons (Fsp3) is 0.286. The second-order valence-electron chi connectivity index (χ2n) is 8.74. The number of anilines is 1. The highest BCUT2D eigenvalue weighted by molar-refractivity contribution is 7.92. The zero-order valence-corrected chi connectivity index (χ0v) is 23.3. The molecule has 1 unspecified atom stereocenters. The lowest BCUT2D eigenvalue weighted by atomic mass is 10.1. The third-order valence-electron chi connectivity index (χ3n) is 6.35. The van der Waals surface area contributed by atoms with E-state index in [1.807, 2.05) is 31.2 Å². The number of rotatable bonds is 11. The van der Waals surface area contributed by atoms with Crippen molar-refractivity contribution in [2.24, 2.45) is 0 Å². The van der Waals surface area contributed by atoms with Gasteiger partial charge in [0, 0.05) is 19.7 Å². The first-order valence-electron chi connectivity index (χ1n) is 12.1. The van der Waals surface area contributed by atoms with Crippen molar-refractivity contribution in [3.05, 3.63) is 83.7 Å². The Kier molecular flexibility index (Phi) is 9.52. The standard InChI is InChI=1S/C28H32FN3O6S/c1-19-8-6-7-9-21(19)17-31(20(2)28(34)30-3)27(33)18-32(23-12-10-22(29)11-13-23)39(35,36)24-14-15-25(37-4)26(16-24)38-5/h6-16,20H,17-18H2,1-5H3,(H,30,34). The Labute approximate surface area is 228 Å². The quantitative estimate of drug-likeness (QED) is 0.387. The fourth-order valence-electron chi connectivity index (χ4n) is 4.00. The van der Waals surface area contributed by atoms with Crippen molar-refractivity contribution in [1.82, 2.24) is 10.2 Å². The van der Waals surface area contributed by atoms with Crippen molar-refractivity contribution in [1.29, 1.82) is 0 Å². The van der Waals surface area contributed by atoms with Crippen LogP contribution in [0.25, 0.3) is 0 Å². The lowest BCUT2D eigenvalue weighted by molar-refractivity contribution is -0.139. The number of sulfonamides is 1. The molecule has 0 spiro atoms. The molecule has 0 heterocycles. The summed E-state index contributed by atoms with van der Waals surface area (Å²) in [7, 11) is -0.102. The Balaban J connectivity index is 2.08. The summed E-state index contributed by atoms with van der Waals surface area (Å²) in [6.07, 6.45) is 0. The molecule has 0 aromatic heterocycles. The number of methoxy groups -OCH3 is 2. The Morgan fingerprint density at radius 1 is 0.974 bits per heavy atom. The summed E-state index contributed by atoms with van der Waals surface area (Å²) in [5.74, 6) is -1.10. The molecule has 0 aliphatic heterocycles. The molecule has 208 valence electrons. The highest BCUT2D eigenvalue weighted by atomic mass is 32.2. The first-order valence-corrected chi connectivity index (χ1v) is 13.5. The number of benzene rings is 3. The summed E-state index contributed by atoms with van der Waals surface area (Å²) in [5, 5.41) is 2.54. The number of nitrogens with one attached hydrogen (secondary N) is 1. The molecule has 2 amide bonds. The molecule has 11 heteroatoms. The van der Waals surface area contributed by atoms with Crippen LogP contribution in [0.1, 0.15) is 18.1 Å². The van der Waals surface area contributed by atoms with Crippen LogP contribution in [-0.4, -0.2) is 59.0 Å². The summed E-state index contributed by atoms with van der Waals surface area (Å²) in [5.41, 5.74) is 1.79. The molecule has 39 heavy (non-hydrogen) atoms. The smallest absolute Gasteiger partial charge is 0.264 e. The molecule has 0 aliphatic rings. The van der Waals surface area contributed by atoms with E-state index in [0.29, 0.717) is 5.75 Å². The van der Waals surface area contributed by atoms with Gasteiger partial charge in [-0.3, -0.25) is 13.9 Å². The van der Waals surface area contributed by atoms with E-state index in [4.69, 9.17) is 9.47 Å². The van der Waals surface area contributed by atoms with Crippen LogP contribution in [0.5, 0.6) is 11.5 Å². The lowest BCUT2D eigenvalue weighted by Gasteiger charge is -2.32. The summed E-state index contributed by atoms with van der Waals surface area (Å²) in [6.45, 7) is 2.89. The highest BCUT2D eigenvalue weighted by Crippen LogP contribution is 2.32. The van der Waals surface area contributed by atoms with Crippen LogP contribution >= 0.6 is 0 Å². The van der Waals surface area contributed by atoms with Gasteiger partial charge in [0.25, 0.3) is 10.0 Å².